The Labute approximate surface area is 123 Å². The molecule has 1 heterocycles. The maximum absolute atomic E-state index is 12.1. The van der Waals surface area contributed by atoms with Gasteiger partial charge in [0, 0.05) is 17.0 Å². The first kappa shape index (κ1) is 14.8. The number of nitrogens with zero attached hydrogens (tertiary/aromatic N) is 1. The van der Waals surface area contributed by atoms with Crippen molar-refractivity contribution in [3.05, 3.63) is 41.2 Å². The molecule has 0 N–H and O–H groups in total. The molecule has 0 radical (unpaired) electrons. The molecule has 0 aliphatic rings. The molecule has 0 unspecified atom stereocenters. The molecule has 3 nitrogen and oxygen atoms in total. The molecule has 106 valence electrons. The summed E-state index contributed by atoms with van der Waals surface area (Å²) in [7, 11) is 0. The second-order valence-electron chi connectivity index (χ2n) is 5.18. The predicted molar refractivity (Wildman–Crippen MR) is 81.1 cm³/mol. The summed E-state index contributed by atoms with van der Waals surface area (Å²) in [4.78, 5) is 16.2. The van der Waals surface area contributed by atoms with Gasteiger partial charge in [0.25, 0.3) is 0 Å². The minimum Gasteiger partial charge on any atom is -0.462 e. The maximum atomic E-state index is 12.1. The van der Waals surface area contributed by atoms with Crippen molar-refractivity contribution < 1.29 is 9.53 Å². The highest BCUT2D eigenvalue weighted by Crippen LogP contribution is 2.24. The number of pyridine rings is 1. The molecule has 0 spiro atoms. The first-order valence-electron chi connectivity index (χ1n) is 6.80. The zero-order valence-electron chi connectivity index (χ0n) is 11.7. The molecule has 0 saturated heterocycles. The zero-order chi connectivity index (χ0) is 14.5. The first-order chi connectivity index (χ1) is 9.59. The predicted octanol–water partition coefficient (Wildman–Crippen LogP) is 4.48. The van der Waals surface area contributed by atoms with Crippen LogP contribution in [-0.4, -0.2) is 17.6 Å². The number of carbonyl (C=O) groups excluding carboxylic acids is 1. The van der Waals surface area contributed by atoms with Crippen molar-refractivity contribution in [2.24, 2.45) is 5.92 Å². The lowest BCUT2D eigenvalue weighted by Gasteiger charge is -2.09. The van der Waals surface area contributed by atoms with Crippen molar-refractivity contribution in [2.45, 2.75) is 26.7 Å². The minimum absolute atomic E-state index is 0.339. The third-order valence-electron chi connectivity index (χ3n) is 3.13. The summed E-state index contributed by atoms with van der Waals surface area (Å²) < 4.78 is 5.30. The van der Waals surface area contributed by atoms with Crippen LogP contribution >= 0.6 is 11.6 Å². The largest absolute Gasteiger partial charge is 0.462 e. The number of hydrogen-bond donors (Lipinski definition) is 0. The highest BCUT2D eigenvalue weighted by atomic mass is 35.5. The number of hydrogen-bond acceptors (Lipinski definition) is 3. The van der Waals surface area contributed by atoms with E-state index in [1.54, 1.807) is 0 Å². The summed E-state index contributed by atoms with van der Waals surface area (Å²) in [6, 6.07) is 7.44. The first-order valence-corrected chi connectivity index (χ1v) is 7.17. The van der Waals surface area contributed by atoms with Crippen LogP contribution in [0.15, 0.2) is 30.5 Å². The summed E-state index contributed by atoms with van der Waals surface area (Å²) in [6.07, 6.45) is 3.41. The molecule has 0 saturated carbocycles. The van der Waals surface area contributed by atoms with Crippen LogP contribution in [0.4, 0.5) is 0 Å². The Bertz CT molecular complexity index is 610. The van der Waals surface area contributed by atoms with Gasteiger partial charge in [-0.1, -0.05) is 49.7 Å². The van der Waals surface area contributed by atoms with E-state index < -0.39 is 0 Å². The Morgan fingerprint density at radius 2 is 2.00 bits per heavy atom. The molecule has 0 fully saturated rings. The Morgan fingerprint density at radius 1 is 1.30 bits per heavy atom. The SMILES string of the molecule is CC(C)CCCOC(=O)c1cnc(Cl)c2ccccc12. The van der Waals surface area contributed by atoms with Crippen molar-refractivity contribution in [3.63, 3.8) is 0 Å². The van der Waals surface area contributed by atoms with Crippen molar-refractivity contribution in [1.82, 2.24) is 4.98 Å². The number of esters is 1. The second kappa shape index (κ2) is 6.71. The molecule has 0 amide bonds. The molecule has 2 aromatic rings. The van der Waals surface area contributed by atoms with Crippen LogP contribution in [0.1, 0.15) is 37.0 Å². The van der Waals surface area contributed by atoms with Crippen LogP contribution in [0.2, 0.25) is 5.15 Å². The van der Waals surface area contributed by atoms with Crippen LogP contribution in [0, 0.1) is 5.92 Å². The Balaban J connectivity index is 2.12. The van der Waals surface area contributed by atoms with E-state index in [1.165, 1.54) is 6.20 Å². The summed E-state index contributed by atoms with van der Waals surface area (Å²) in [5.41, 5.74) is 0.467. The van der Waals surface area contributed by atoms with Gasteiger partial charge in [0.1, 0.15) is 5.15 Å². The average Bonchev–Trinajstić information content (AvgIpc) is 2.44. The Kier molecular flexibility index (Phi) is 4.96. The van der Waals surface area contributed by atoms with Crippen LogP contribution in [0.3, 0.4) is 0 Å². The average molecular weight is 292 g/mol. The van der Waals surface area contributed by atoms with E-state index in [0.717, 1.165) is 23.6 Å². The molecule has 2 rings (SSSR count). The van der Waals surface area contributed by atoms with Gasteiger partial charge in [-0.15, -0.1) is 0 Å². The van der Waals surface area contributed by atoms with Crippen molar-refractivity contribution in [1.29, 1.82) is 0 Å². The van der Waals surface area contributed by atoms with E-state index in [2.05, 4.69) is 18.8 Å². The Hall–Kier alpha value is -1.61. The van der Waals surface area contributed by atoms with Gasteiger partial charge in [-0.2, -0.15) is 0 Å². The monoisotopic (exact) mass is 291 g/mol. The van der Waals surface area contributed by atoms with Gasteiger partial charge in [-0.3, -0.25) is 0 Å². The normalized spacial score (nSPS) is 11.0. The van der Waals surface area contributed by atoms with Gasteiger partial charge < -0.3 is 4.74 Å². The van der Waals surface area contributed by atoms with Crippen LogP contribution < -0.4 is 0 Å². The second-order valence-corrected chi connectivity index (χ2v) is 5.54. The van der Waals surface area contributed by atoms with Crippen LogP contribution in [0.25, 0.3) is 10.8 Å². The third kappa shape index (κ3) is 3.48. The molecule has 0 aliphatic heterocycles. The molecule has 1 aromatic carbocycles. The van der Waals surface area contributed by atoms with Gasteiger partial charge in [0.15, 0.2) is 0 Å². The fourth-order valence-electron chi connectivity index (χ4n) is 2.06. The fourth-order valence-corrected chi connectivity index (χ4v) is 2.27. The molecular formula is C16H18ClNO2. The molecule has 0 aliphatic carbocycles. The number of aromatic nitrogens is 1. The lowest BCUT2D eigenvalue weighted by atomic mass is 10.1. The highest BCUT2D eigenvalue weighted by Gasteiger charge is 2.13. The van der Waals surface area contributed by atoms with E-state index in [4.69, 9.17) is 16.3 Å². The van der Waals surface area contributed by atoms with Gasteiger partial charge in [-0.25, -0.2) is 9.78 Å². The summed E-state index contributed by atoms with van der Waals surface area (Å²) >= 11 is 6.03. The van der Waals surface area contributed by atoms with Crippen molar-refractivity contribution >= 4 is 28.3 Å². The number of benzene rings is 1. The fraction of sp³-hybridized carbons (Fsp3) is 0.375. The van der Waals surface area contributed by atoms with E-state index in [9.17, 15) is 4.79 Å². The molecule has 0 bridgehead atoms. The summed E-state index contributed by atoms with van der Waals surface area (Å²) in [5.74, 6) is 0.279. The lowest BCUT2D eigenvalue weighted by Crippen LogP contribution is -2.08. The number of halogens is 1. The van der Waals surface area contributed by atoms with Crippen LogP contribution in [0.5, 0.6) is 0 Å². The van der Waals surface area contributed by atoms with E-state index in [0.29, 0.717) is 23.2 Å². The van der Waals surface area contributed by atoms with Crippen molar-refractivity contribution in [3.8, 4) is 0 Å². The molecular weight excluding hydrogens is 274 g/mol. The lowest BCUT2D eigenvalue weighted by molar-refractivity contribution is 0.0496. The maximum Gasteiger partial charge on any atom is 0.340 e. The molecule has 20 heavy (non-hydrogen) atoms. The number of rotatable bonds is 5. The van der Waals surface area contributed by atoms with Crippen molar-refractivity contribution in [2.75, 3.05) is 6.61 Å². The zero-order valence-corrected chi connectivity index (χ0v) is 12.5. The van der Waals surface area contributed by atoms with Gasteiger partial charge in [0.05, 0.1) is 12.2 Å². The van der Waals surface area contributed by atoms with Gasteiger partial charge in [0.2, 0.25) is 0 Å². The van der Waals surface area contributed by atoms with Gasteiger partial charge >= 0.3 is 5.97 Å². The van der Waals surface area contributed by atoms with E-state index >= 15 is 0 Å². The van der Waals surface area contributed by atoms with E-state index in [1.807, 2.05) is 24.3 Å². The molecule has 4 heteroatoms. The van der Waals surface area contributed by atoms with Crippen LogP contribution in [-0.2, 0) is 4.74 Å². The molecule has 1 aromatic heterocycles. The smallest absolute Gasteiger partial charge is 0.340 e. The Morgan fingerprint density at radius 3 is 2.70 bits per heavy atom. The standard InChI is InChI=1S/C16H18ClNO2/c1-11(2)6-5-9-20-16(19)14-10-18-15(17)13-8-4-3-7-12(13)14/h3-4,7-8,10-11H,5-6,9H2,1-2H3. The topological polar surface area (TPSA) is 39.2 Å². The number of carbonyl (C=O) groups is 1. The number of fused-ring (bicyclic) bond motifs is 1. The number of ether oxygens (including phenoxy) is 1. The molecule has 0 atom stereocenters. The van der Waals surface area contributed by atoms with Gasteiger partial charge in [-0.05, 0) is 18.8 Å². The third-order valence-corrected chi connectivity index (χ3v) is 3.43. The minimum atomic E-state index is -0.339. The highest BCUT2D eigenvalue weighted by molar-refractivity contribution is 6.34. The van der Waals surface area contributed by atoms with E-state index in [-0.39, 0.29) is 5.97 Å². The quantitative estimate of drug-likeness (QED) is 0.463. The summed E-state index contributed by atoms with van der Waals surface area (Å²) in [5, 5.41) is 1.95. The summed E-state index contributed by atoms with van der Waals surface area (Å²) in [6.45, 7) is 4.74.